The normalized spacial score (nSPS) is 10.9. The van der Waals surface area contributed by atoms with E-state index >= 15 is 0 Å². The second kappa shape index (κ2) is 7.15. The summed E-state index contributed by atoms with van der Waals surface area (Å²) in [5.74, 6) is -1.96. The van der Waals surface area contributed by atoms with Crippen LogP contribution in [0.3, 0.4) is 0 Å². The Morgan fingerprint density at radius 1 is 1.17 bits per heavy atom. The van der Waals surface area contributed by atoms with Gasteiger partial charge in [-0.2, -0.15) is 5.10 Å². The van der Waals surface area contributed by atoms with Crippen LogP contribution in [0.5, 0.6) is 5.75 Å². The Morgan fingerprint density at radius 2 is 2.00 bits per heavy atom. The van der Waals surface area contributed by atoms with Crippen LogP contribution >= 0.6 is 0 Å². The minimum atomic E-state index is -0.808. The fraction of sp³-hybridized carbons (Fsp3) is 0.0526. The summed E-state index contributed by atoms with van der Waals surface area (Å²) < 4.78 is 29.4. The van der Waals surface area contributed by atoms with Crippen molar-refractivity contribution < 1.29 is 18.7 Å². The minimum Gasteiger partial charge on any atom is -0.505 e. The lowest BCUT2D eigenvalue weighted by atomic mass is 10.2. The lowest BCUT2D eigenvalue weighted by Crippen LogP contribution is -2.10. The molecule has 3 N–H and O–H groups in total. The molecule has 8 nitrogen and oxygen atoms in total. The molecule has 0 saturated carbocycles. The van der Waals surface area contributed by atoms with Gasteiger partial charge in [0.2, 0.25) is 5.91 Å². The van der Waals surface area contributed by atoms with E-state index in [1.54, 1.807) is 6.07 Å². The van der Waals surface area contributed by atoms with Crippen LogP contribution in [0.15, 0.2) is 49.1 Å². The standard InChI is InChI=1S/C19H14F2N6O2/c1-10(28)25-15-4-2-3-13(20)18(15)27-8-11(7-24-27)26-19-12-5-14(21)17(29)6-16(12)22-9-23-19/h2-9,29H,1H3,(H,25,28)(H,22,23,26). The SMILES string of the molecule is CC(=O)Nc1cccc(F)c1-n1cc(Nc2ncnc3cc(O)c(F)cc23)cn1. The Bertz CT molecular complexity index is 1240. The number of carbonyl (C=O) groups excluding carboxylic acids is 1. The summed E-state index contributed by atoms with van der Waals surface area (Å²) >= 11 is 0. The van der Waals surface area contributed by atoms with Crippen LogP contribution in [-0.2, 0) is 4.79 Å². The number of fused-ring (bicyclic) bond motifs is 1. The summed E-state index contributed by atoms with van der Waals surface area (Å²) in [5, 5.41) is 19.5. The number of phenols is 1. The van der Waals surface area contributed by atoms with Gasteiger partial charge in [0.25, 0.3) is 0 Å². The van der Waals surface area contributed by atoms with Gasteiger partial charge in [0.1, 0.15) is 17.8 Å². The van der Waals surface area contributed by atoms with Crippen molar-refractivity contribution in [2.45, 2.75) is 6.92 Å². The molecular weight excluding hydrogens is 382 g/mol. The average Bonchev–Trinajstić information content (AvgIpc) is 3.11. The highest BCUT2D eigenvalue weighted by Crippen LogP contribution is 2.29. The maximum atomic E-state index is 14.4. The van der Waals surface area contributed by atoms with Gasteiger partial charge in [-0.05, 0) is 18.2 Å². The third-order valence-electron chi connectivity index (χ3n) is 4.08. The molecule has 2 heterocycles. The Balaban J connectivity index is 1.71. The third-order valence-corrected chi connectivity index (χ3v) is 4.08. The monoisotopic (exact) mass is 396 g/mol. The zero-order valence-electron chi connectivity index (χ0n) is 15.0. The van der Waals surface area contributed by atoms with Crippen LogP contribution in [0.4, 0.5) is 26.0 Å². The maximum Gasteiger partial charge on any atom is 0.221 e. The summed E-state index contributed by atoms with van der Waals surface area (Å²) in [6, 6.07) is 6.59. The molecule has 2 aromatic heterocycles. The molecule has 4 aromatic rings. The first-order valence-electron chi connectivity index (χ1n) is 8.44. The quantitative estimate of drug-likeness (QED) is 0.488. The first-order chi connectivity index (χ1) is 13.9. The van der Waals surface area contributed by atoms with Crippen molar-refractivity contribution >= 4 is 34.0 Å². The predicted molar refractivity (Wildman–Crippen MR) is 102 cm³/mol. The molecule has 0 aliphatic carbocycles. The first kappa shape index (κ1) is 18.3. The Morgan fingerprint density at radius 3 is 2.79 bits per heavy atom. The molecule has 2 aromatic carbocycles. The number of anilines is 3. The van der Waals surface area contributed by atoms with Crippen LogP contribution in [0.2, 0.25) is 0 Å². The van der Waals surface area contributed by atoms with E-state index in [0.717, 1.165) is 6.07 Å². The number of aromatic nitrogens is 4. The van der Waals surface area contributed by atoms with Crippen molar-refractivity contribution in [3.05, 3.63) is 60.7 Å². The second-order valence-corrected chi connectivity index (χ2v) is 6.16. The van der Waals surface area contributed by atoms with E-state index in [2.05, 4.69) is 25.7 Å². The van der Waals surface area contributed by atoms with Crippen LogP contribution in [0.1, 0.15) is 6.92 Å². The summed E-state index contributed by atoms with van der Waals surface area (Å²) in [6.07, 6.45) is 4.18. The number of amides is 1. The molecule has 0 fully saturated rings. The Labute approximate surface area is 162 Å². The lowest BCUT2D eigenvalue weighted by molar-refractivity contribution is -0.114. The highest BCUT2D eigenvalue weighted by molar-refractivity contribution is 5.92. The molecule has 1 amide bonds. The number of carbonyl (C=O) groups is 1. The number of phenolic OH excluding ortho intramolecular Hbond substituents is 1. The molecule has 0 atom stereocenters. The second-order valence-electron chi connectivity index (χ2n) is 6.16. The molecule has 10 heteroatoms. The molecule has 0 aliphatic rings. The number of nitrogens with zero attached hydrogens (tertiary/aromatic N) is 4. The van der Waals surface area contributed by atoms with Gasteiger partial charge in [-0.3, -0.25) is 4.79 Å². The summed E-state index contributed by atoms with van der Waals surface area (Å²) in [7, 11) is 0. The third kappa shape index (κ3) is 3.55. The van der Waals surface area contributed by atoms with E-state index in [1.807, 2.05) is 0 Å². The van der Waals surface area contributed by atoms with Crippen LogP contribution < -0.4 is 10.6 Å². The summed E-state index contributed by atoms with van der Waals surface area (Å²) in [6.45, 7) is 1.32. The number of benzene rings is 2. The molecular formula is C19H14F2N6O2. The van der Waals surface area contributed by atoms with Gasteiger partial charge in [-0.25, -0.2) is 23.4 Å². The highest BCUT2D eigenvalue weighted by Gasteiger charge is 2.14. The first-order valence-corrected chi connectivity index (χ1v) is 8.44. The largest absolute Gasteiger partial charge is 0.505 e. The molecule has 146 valence electrons. The molecule has 0 radical (unpaired) electrons. The number of rotatable bonds is 4. The van der Waals surface area contributed by atoms with E-state index in [1.165, 1.54) is 48.5 Å². The minimum absolute atomic E-state index is 0.0688. The van der Waals surface area contributed by atoms with Crippen LogP contribution in [0, 0.1) is 11.6 Å². The Kier molecular flexibility index (Phi) is 4.51. The van der Waals surface area contributed by atoms with Crippen molar-refractivity contribution in [2.75, 3.05) is 10.6 Å². The Hall–Kier alpha value is -4.08. The average molecular weight is 396 g/mol. The van der Waals surface area contributed by atoms with Gasteiger partial charge < -0.3 is 15.7 Å². The predicted octanol–water partition coefficient (Wildman–Crippen LogP) is 3.50. The molecule has 0 unspecified atom stereocenters. The van der Waals surface area contributed by atoms with Gasteiger partial charge in [-0.1, -0.05) is 6.07 Å². The van der Waals surface area contributed by atoms with Crippen LogP contribution in [0.25, 0.3) is 16.6 Å². The van der Waals surface area contributed by atoms with Gasteiger partial charge in [0, 0.05) is 18.4 Å². The van der Waals surface area contributed by atoms with Crippen molar-refractivity contribution in [1.29, 1.82) is 0 Å². The summed E-state index contributed by atoms with van der Waals surface area (Å²) in [5.41, 5.74) is 1.11. The fourth-order valence-corrected chi connectivity index (χ4v) is 2.85. The highest BCUT2D eigenvalue weighted by atomic mass is 19.1. The van der Waals surface area contributed by atoms with Crippen molar-refractivity contribution in [3.8, 4) is 11.4 Å². The maximum absolute atomic E-state index is 14.4. The number of hydrogen-bond acceptors (Lipinski definition) is 6. The molecule has 0 bridgehead atoms. The number of aromatic hydroxyl groups is 1. The zero-order valence-corrected chi connectivity index (χ0v) is 15.0. The lowest BCUT2D eigenvalue weighted by Gasteiger charge is -2.11. The van der Waals surface area contributed by atoms with Gasteiger partial charge in [0.15, 0.2) is 17.4 Å². The van der Waals surface area contributed by atoms with E-state index in [-0.39, 0.29) is 23.1 Å². The number of halogens is 2. The van der Waals surface area contributed by atoms with Crippen molar-refractivity contribution in [1.82, 2.24) is 19.7 Å². The van der Waals surface area contributed by atoms with Crippen molar-refractivity contribution in [2.24, 2.45) is 0 Å². The summed E-state index contributed by atoms with van der Waals surface area (Å²) in [4.78, 5) is 19.5. The van der Waals surface area contributed by atoms with E-state index in [0.29, 0.717) is 16.6 Å². The molecule has 0 spiro atoms. The molecule has 0 aliphatic heterocycles. The van der Waals surface area contributed by atoms with E-state index in [9.17, 15) is 18.7 Å². The zero-order chi connectivity index (χ0) is 20.5. The molecule has 29 heavy (non-hydrogen) atoms. The van der Waals surface area contributed by atoms with Gasteiger partial charge in [0.05, 0.1) is 29.3 Å². The van der Waals surface area contributed by atoms with Crippen LogP contribution in [-0.4, -0.2) is 30.8 Å². The number of nitrogens with one attached hydrogen (secondary N) is 2. The fourth-order valence-electron chi connectivity index (χ4n) is 2.85. The molecule has 4 rings (SSSR count). The van der Waals surface area contributed by atoms with E-state index in [4.69, 9.17) is 0 Å². The van der Waals surface area contributed by atoms with E-state index < -0.39 is 17.4 Å². The van der Waals surface area contributed by atoms with Gasteiger partial charge >= 0.3 is 0 Å². The number of hydrogen-bond donors (Lipinski definition) is 3. The molecule has 0 saturated heterocycles. The number of para-hydroxylation sites is 1. The van der Waals surface area contributed by atoms with Crippen molar-refractivity contribution in [3.63, 3.8) is 0 Å². The topological polar surface area (TPSA) is 105 Å². The van der Waals surface area contributed by atoms with Gasteiger partial charge in [-0.15, -0.1) is 0 Å². The smallest absolute Gasteiger partial charge is 0.221 e.